The van der Waals surface area contributed by atoms with Gasteiger partial charge in [-0.2, -0.15) is 49.5 Å². The maximum Gasteiger partial charge on any atom is 2.00 e. The summed E-state index contributed by atoms with van der Waals surface area (Å²) in [7, 11) is 0. The largest absolute Gasteiger partial charge is 2.00 e. The molecular weight excluding hydrogens is 240 g/mol. The molecule has 2 rings (SSSR count). The van der Waals surface area contributed by atoms with Crippen molar-refractivity contribution in [1.82, 2.24) is 0 Å². The van der Waals surface area contributed by atoms with Gasteiger partial charge in [-0.1, -0.05) is 0 Å². The predicted octanol–water partition coefficient (Wildman–Crippen LogP) is 3.39. The van der Waals surface area contributed by atoms with Crippen molar-refractivity contribution in [2.24, 2.45) is 0 Å². The zero-order chi connectivity index (χ0) is 8.81. The van der Waals surface area contributed by atoms with Gasteiger partial charge < -0.3 is 0 Å². The van der Waals surface area contributed by atoms with Crippen LogP contribution in [0.5, 0.6) is 0 Å². The minimum atomic E-state index is 0. The molecule has 13 heavy (non-hydrogen) atoms. The molecule has 0 aliphatic rings. The van der Waals surface area contributed by atoms with Crippen LogP contribution in [0.3, 0.4) is 0 Å². The summed E-state index contributed by atoms with van der Waals surface area (Å²) in [6.45, 7) is 0. The van der Waals surface area contributed by atoms with Gasteiger partial charge in [0.2, 0.25) is 0 Å². The number of rotatable bonds is 0. The molecule has 2 aromatic carbocycles. The van der Waals surface area contributed by atoms with Crippen molar-refractivity contribution in [2.75, 3.05) is 0 Å². The van der Waals surface area contributed by atoms with Crippen LogP contribution >= 0.6 is 25.3 Å². The number of thiol groups is 2. The molecule has 0 fully saturated rings. The first-order valence-corrected chi connectivity index (χ1v) is 4.50. The Balaban J connectivity index is 0.000000206. The van der Waals surface area contributed by atoms with E-state index >= 15 is 0 Å². The fourth-order valence-electron chi connectivity index (χ4n) is 0.728. The quantitative estimate of drug-likeness (QED) is 0.399. The molecule has 0 spiro atoms. The van der Waals surface area contributed by atoms with E-state index in [9.17, 15) is 0 Å². The molecule has 0 aliphatic heterocycles. The van der Waals surface area contributed by atoms with Crippen LogP contribution in [0.25, 0.3) is 0 Å². The second-order valence-corrected chi connectivity index (χ2v) is 3.32. The summed E-state index contributed by atoms with van der Waals surface area (Å²) in [4.78, 5) is 2.07. The maximum absolute atomic E-state index is 4.04. The molecule has 3 heteroatoms. The van der Waals surface area contributed by atoms with Crippen LogP contribution in [0, 0.1) is 0 Å². The van der Waals surface area contributed by atoms with Gasteiger partial charge in [-0.15, -0.1) is 9.79 Å². The van der Waals surface area contributed by atoms with Crippen molar-refractivity contribution in [3.05, 3.63) is 48.5 Å². The van der Waals surface area contributed by atoms with Gasteiger partial charge in [-0.05, 0) is 0 Å². The van der Waals surface area contributed by atoms with E-state index in [0.29, 0.717) is 0 Å². The van der Waals surface area contributed by atoms with Crippen LogP contribution < -0.4 is 0 Å². The van der Waals surface area contributed by atoms with Gasteiger partial charge in [-0.25, -0.2) is 24.3 Å². The van der Waals surface area contributed by atoms with Crippen LogP contribution in [0.15, 0.2) is 58.3 Å². The van der Waals surface area contributed by atoms with Crippen LogP contribution in [-0.4, -0.2) is 0 Å². The molecule has 0 saturated carbocycles. The van der Waals surface area contributed by atoms with Gasteiger partial charge in [0.1, 0.15) is 0 Å². The zero-order valence-electron chi connectivity index (χ0n) is 6.87. The van der Waals surface area contributed by atoms with E-state index in [-0.39, 0.29) is 17.1 Å². The first-order chi connectivity index (χ1) is 5.79. The van der Waals surface area contributed by atoms with E-state index < -0.39 is 0 Å². The Bertz CT molecular complexity index is 252. The summed E-state index contributed by atoms with van der Waals surface area (Å²) in [6, 6.07) is 15.6. The zero-order valence-corrected chi connectivity index (χ0v) is 9.76. The Hall–Kier alpha value is -0.0805. The molecule has 0 nitrogen and oxygen atoms in total. The Labute approximate surface area is 100 Å². The van der Waals surface area contributed by atoms with Crippen molar-refractivity contribution in [3.8, 4) is 0 Å². The van der Waals surface area contributed by atoms with Gasteiger partial charge in [0.15, 0.2) is 0 Å². The number of hydrogen-bond donors (Lipinski definition) is 2. The van der Waals surface area contributed by atoms with Gasteiger partial charge in [-0.3, -0.25) is 0 Å². The predicted molar refractivity (Wildman–Crippen MR) is 58.6 cm³/mol. The van der Waals surface area contributed by atoms with E-state index in [1.165, 1.54) is 0 Å². The third-order valence-corrected chi connectivity index (χ3v) is 1.89. The molecule has 0 N–H and O–H groups in total. The normalized spacial score (nSPS) is 8.15. The second kappa shape index (κ2) is 7.34. The molecule has 0 unspecified atom stereocenters. The second-order valence-electron chi connectivity index (χ2n) is 2.29. The van der Waals surface area contributed by atoms with Gasteiger partial charge >= 0.3 is 17.1 Å². The molecule has 0 saturated heterocycles. The summed E-state index contributed by atoms with van der Waals surface area (Å²) in [5, 5.41) is 0. The van der Waals surface area contributed by atoms with E-state index in [4.69, 9.17) is 0 Å². The Morgan fingerprint density at radius 3 is 1.31 bits per heavy atom. The molecule has 0 aliphatic carbocycles. The van der Waals surface area contributed by atoms with E-state index in [2.05, 4.69) is 25.3 Å². The minimum absolute atomic E-state index is 0. The van der Waals surface area contributed by atoms with Crippen molar-refractivity contribution < 1.29 is 17.1 Å². The van der Waals surface area contributed by atoms with Gasteiger partial charge in [0.05, 0.1) is 0 Å². The fraction of sp³-hybridized carbons (Fsp3) is 0. The Morgan fingerprint density at radius 1 is 0.846 bits per heavy atom. The first-order valence-electron chi connectivity index (χ1n) is 3.60. The van der Waals surface area contributed by atoms with Gasteiger partial charge in [0.25, 0.3) is 0 Å². The van der Waals surface area contributed by atoms with Crippen LogP contribution in [0.4, 0.5) is 0 Å². The third kappa shape index (κ3) is 6.05. The fourth-order valence-corrected chi connectivity index (χ4v) is 1.07. The maximum atomic E-state index is 4.04. The standard InChI is InChI=1S/2C5H5S.Fe/c2*6-5-3-1-2-4-5;/h2*1-4,6H;/q2*-1;+2. The molecule has 0 radical (unpaired) electrons. The van der Waals surface area contributed by atoms with E-state index in [1.54, 1.807) is 0 Å². The molecular formula is C10H10FeS2. The third-order valence-electron chi connectivity index (χ3n) is 1.29. The Kier molecular flexibility index (Phi) is 7.29. The molecule has 2 aromatic rings. The van der Waals surface area contributed by atoms with E-state index in [0.717, 1.165) is 9.79 Å². The number of hydrogen-bond acceptors (Lipinski definition) is 2. The van der Waals surface area contributed by atoms with Crippen molar-refractivity contribution in [3.63, 3.8) is 0 Å². The summed E-state index contributed by atoms with van der Waals surface area (Å²) >= 11 is 8.07. The average Bonchev–Trinajstić information content (AvgIpc) is 2.63. The average molecular weight is 250 g/mol. The molecule has 0 atom stereocenters. The van der Waals surface area contributed by atoms with Crippen LogP contribution in [0.2, 0.25) is 0 Å². The van der Waals surface area contributed by atoms with Crippen molar-refractivity contribution in [2.45, 2.75) is 9.79 Å². The topological polar surface area (TPSA) is 0 Å². The minimum Gasteiger partial charge on any atom is -0.213 e. The molecule has 0 bridgehead atoms. The summed E-state index contributed by atoms with van der Waals surface area (Å²) in [5.41, 5.74) is 0. The first kappa shape index (κ1) is 12.9. The smallest absolute Gasteiger partial charge is 0.213 e. The van der Waals surface area contributed by atoms with Gasteiger partial charge in [0, 0.05) is 0 Å². The summed E-state index contributed by atoms with van der Waals surface area (Å²) < 4.78 is 0. The van der Waals surface area contributed by atoms with Crippen molar-refractivity contribution in [1.29, 1.82) is 0 Å². The molecule has 70 valence electrons. The van der Waals surface area contributed by atoms with Crippen molar-refractivity contribution >= 4 is 25.3 Å². The molecule has 0 aromatic heterocycles. The molecule has 0 heterocycles. The van der Waals surface area contributed by atoms with Crippen LogP contribution in [-0.2, 0) is 17.1 Å². The van der Waals surface area contributed by atoms with E-state index in [1.807, 2.05) is 48.5 Å². The van der Waals surface area contributed by atoms with Crippen LogP contribution in [0.1, 0.15) is 0 Å². The summed E-state index contributed by atoms with van der Waals surface area (Å²) in [6.07, 6.45) is 0. The Morgan fingerprint density at radius 2 is 1.23 bits per heavy atom. The summed E-state index contributed by atoms with van der Waals surface area (Å²) in [5.74, 6) is 0. The molecule has 0 amide bonds. The monoisotopic (exact) mass is 250 g/mol. The SMILES string of the molecule is Sc1ccc[cH-]1.Sc1ccc[cH-]1.[Fe+2].